The van der Waals surface area contributed by atoms with E-state index in [-0.39, 0.29) is 35.9 Å². The van der Waals surface area contributed by atoms with Crippen LogP contribution in [0.4, 0.5) is 4.39 Å². The summed E-state index contributed by atoms with van der Waals surface area (Å²) in [5.74, 6) is -0.739. The number of carbonyl (C=O) groups is 1. The maximum Gasteiger partial charge on any atom is 0.243 e. The molecule has 1 saturated heterocycles. The predicted octanol–water partition coefficient (Wildman–Crippen LogP) is 3.41. The smallest absolute Gasteiger partial charge is 0.243 e. The van der Waals surface area contributed by atoms with E-state index in [4.69, 9.17) is 0 Å². The standard InChI is InChI=1S/C21H25FN2O3S/c1-15-3-5-17(6-4-15)16(2)23-21(25)18-11-13-24(14-12-18)28(26,27)20-9-7-19(22)8-10-20/h3-10,16,18H,11-14H2,1-2H3,(H,23,25)/t16-/m0/s1. The van der Waals surface area contributed by atoms with Crippen molar-refractivity contribution in [2.45, 2.75) is 37.6 Å². The molecule has 150 valence electrons. The number of nitrogens with one attached hydrogen (secondary N) is 1. The maximum atomic E-state index is 13.1. The summed E-state index contributed by atoms with van der Waals surface area (Å²) in [6.07, 6.45) is 0.930. The van der Waals surface area contributed by atoms with Gasteiger partial charge in [0.25, 0.3) is 0 Å². The van der Waals surface area contributed by atoms with Gasteiger partial charge in [-0.2, -0.15) is 4.31 Å². The zero-order valence-corrected chi connectivity index (χ0v) is 16.9. The topological polar surface area (TPSA) is 66.5 Å². The average molecular weight is 405 g/mol. The van der Waals surface area contributed by atoms with Gasteiger partial charge in [0.1, 0.15) is 5.82 Å². The van der Waals surface area contributed by atoms with Crippen molar-refractivity contribution in [3.8, 4) is 0 Å². The van der Waals surface area contributed by atoms with Crippen molar-refractivity contribution >= 4 is 15.9 Å². The van der Waals surface area contributed by atoms with E-state index in [1.54, 1.807) is 0 Å². The van der Waals surface area contributed by atoms with E-state index in [0.717, 1.165) is 23.3 Å². The average Bonchev–Trinajstić information content (AvgIpc) is 2.69. The first-order chi connectivity index (χ1) is 13.3. The van der Waals surface area contributed by atoms with Crippen molar-refractivity contribution in [1.29, 1.82) is 0 Å². The molecule has 0 aromatic heterocycles. The SMILES string of the molecule is Cc1ccc([C@H](C)NC(=O)C2CCN(S(=O)(=O)c3ccc(F)cc3)CC2)cc1. The monoisotopic (exact) mass is 404 g/mol. The number of sulfonamides is 1. The molecular formula is C21H25FN2O3S. The molecule has 0 radical (unpaired) electrons. The van der Waals surface area contributed by atoms with Crippen LogP contribution in [-0.4, -0.2) is 31.7 Å². The highest BCUT2D eigenvalue weighted by atomic mass is 32.2. The highest BCUT2D eigenvalue weighted by Crippen LogP contribution is 2.25. The molecule has 28 heavy (non-hydrogen) atoms. The molecule has 1 aliphatic rings. The minimum absolute atomic E-state index is 0.0492. The Morgan fingerprint density at radius 2 is 1.64 bits per heavy atom. The first-order valence-electron chi connectivity index (χ1n) is 9.40. The van der Waals surface area contributed by atoms with E-state index in [1.807, 2.05) is 38.1 Å². The number of halogens is 1. The normalized spacial score (nSPS) is 17.2. The third kappa shape index (κ3) is 4.59. The van der Waals surface area contributed by atoms with Crippen LogP contribution in [0.2, 0.25) is 0 Å². The Morgan fingerprint density at radius 3 is 2.21 bits per heavy atom. The summed E-state index contributed by atoms with van der Waals surface area (Å²) in [4.78, 5) is 12.7. The van der Waals surface area contributed by atoms with E-state index in [1.165, 1.54) is 16.4 Å². The molecule has 1 atom stereocenters. The van der Waals surface area contributed by atoms with Gasteiger partial charge in [-0.25, -0.2) is 12.8 Å². The molecule has 1 fully saturated rings. The highest BCUT2D eigenvalue weighted by Gasteiger charge is 2.32. The second kappa shape index (κ2) is 8.41. The largest absolute Gasteiger partial charge is 0.349 e. The molecule has 0 saturated carbocycles. The number of carbonyl (C=O) groups excluding carboxylic acids is 1. The van der Waals surface area contributed by atoms with Crippen LogP contribution in [0.15, 0.2) is 53.4 Å². The number of hydrogen-bond donors (Lipinski definition) is 1. The number of aryl methyl sites for hydroxylation is 1. The lowest BCUT2D eigenvalue weighted by molar-refractivity contribution is -0.126. The summed E-state index contributed by atoms with van der Waals surface area (Å²) in [5.41, 5.74) is 2.20. The molecule has 5 nitrogen and oxygen atoms in total. The maximum absolute atomic E-state index is 13.1. The van der Waals surface area contributed by atoms with Crippen LogP contribution < -0.4 is 5.32 Å². The van der Waals surface area contributed by atoms with Gasteiger partial charge in [0.2, 0.25) is 15.9 Å². The van der Waals surface area contributed by atoms with Crippen LogP contribution >= 0.6 is 0 Å². The number of piperidine rings is 1. The van der Waals surface area contributed by atoms with Crippen molar-refractivity contribution < 1.29 is 17.6 Å². The molecule has 1 aliphatic heterocycles. The molecule has 1 N–H and O–H groups in total. The molecule has 1 heterocycles. The van der Waals surface area contributed by atoms with Gasteiger partial charge in [0.05, 0.1) is 10.9 Å². The fourth-order valence-corrected chi connectivity index (χ4v) is 4.85. The third-order valence-electron chi connectivity index (χ3n) is 5.21. The van der Waals surface area contributed by atoms with Crippen LogP contribution in [0.3, 0.4) is 0 Å². The van der Waals surface area contributed by atoms with E-state index >= 15 is 0 Å². The number of rotatable bonds is 5. The van der Waals surface area contributed by atoms with E-state index in [9.17, 15) is 17.6 Å². The van der Waals surface area contributed by atoms with Crippen LogP contribution in [0.5, 0.6) is 0 Å². The molecule has 0 spiro atoms. The second-order valence-electron chi connectivity index (χ2n) is 7.27. The van der Waals surface area contributed by atoms with Crippen molar-refractivity contribution in [1.82, 2.24) is 9.62 Å². The third-order valence-corrected chi connectivity index (χ3v) is 7.13. The van der Waals surface area contributed by atoms with Gasteiger partial charge >= 0.3 is 0 Å². The molecular weight excluding hydrogens is 379 g/mol. The number of hydrogen-bond acceptors (Lipinski definition) is 3. The van der Waals surface area contributed by atoms with Crippen LogP contribution in [0, 0.1) is 18.7 Å². The summed E-state index contributed by atoms with van der Waals surface area (Å²) < 4.78 is 39.8. The minimum Gasteiger partial charge on any atom is -0.349 e. The van der Waals surface area contributed by atoms with Crippen molar-refractivity contribution in [3.63, 3.8) is 0 Å². The van der Waals surface area contributed by atoms with Gasteiger partial charge in [0, 0.05) is 19.0 Å². The molecule has 2 aromatic carbocycles. The van der Waals surface area contributed by atoms with E-state index in [2.05, 4.69) is 5.32 Å². The fraction of sp³-hybridized carbons (Fsp3) is 0.381. The summed E-state index contributed by atoms with van der Waals surface area (Å²) in [5, 5.41) is 3.03. The Hall–Kier alpha value is -2.25. The quantitative estimate of drug-likeness (QED) is 0.830. The Bertz CT molecular complexity index is 919. The number of benzene rings is 2. The Labute approximate surface area is 165 Å². The van der Waals surface area contributed by atoms with Gasteiger partial charge in [-0.15, -0.1) is 0 Å². The lowest BCUT2D eigenvalue weighted by Gasteiger charge is -2.31. The summed E-state index contributed by atoms with van der Waals surface area (Å²) in [6, 6.07) is 12.7. The molecule has 7 heteroatoms. The highest BCUT2D eigenvalue weighted by molar-refractivity contribution is 7.89. The minimum atomic E-state index is -3.66. The molecule has 0 bridgehead atoms. The van der Waals surface area contributed by atoms with Gasteiger partial charge in [-0.05, 0) is 56.5 Å². The van der Waals surface area contributed by atoms with Crippen molar-refractivity contribution in [3.05, 3.63) is 65.5 Å². The van der Waals surface area contributed by atoms with Crippen LogP contribution in [0.25, 0.3) is 0 Å². The molecule has 1 amide bonds. The first kappa shape index (κ1) is 20.5. The number of nitrogens with zero attached hydrogens (tertiary/aromatic N) is 1. The lowest BCUT2D eigenvalue weighted by atomic mass is 9.96. The zero-order valence-electron chi connectivity index (χ0n) is 16.1. The second-order valence-corrected chi connectivity index (χ2v) is 9.21. The van der Waals surface area contributed by atoms with Gasteiger partial charge < -0.3 is 5.32 Å². The van der Waals surface area contributed by atoms with E-state index in [0.29, 0.717) is 12.8 Å². The Morgan fingerprint density at radius 1 is 1.07 bits per heavy atom. The van der Waals surface area contributed by atoms with Crippen molar-refractivity contribution in [2.75, 3.05) is 13.1 Å². The van der Waals surface area contributed by atoms with Gasteiger partial charge in [0.15, 0.2) is 0 Å². The summed E-state index contributed by atoms with van der Waals surface area (Å²) in [6.45, 7) is 4.50. The molecule has 0 aliphatic carbocycles. The van der Waals surface area contributed by atoms with Crippen molar-refractivity contribution in [2.24, 2.45) is 5.92 Å². The Balaban J connectivity index is 1.57. The Kier molecular flexibility index (Phi) is 6.15. The van der Waals surface area contributed by atoms with Crippen LogP contribution in [0.1, 0.15) is 36.9 Å². The van der Waals surface area contributed by atoms with Crippen LogP contribution in [-0.2, 0) is 14.8 Å². The summed E-state index contributed by atoms with van der Waals surface area (Å²) in [7, 11) is -3.66. The molecule has 0 unspecified atom stereocenters. The van der Waals surface area contributed by atoms with E-state index < -0.39 is 15.8 Å². The zero-order chi connectivity index (χ0) is 20.3. The van der Waals surface area contributed by atoms with Gasteiger partial charge in [-0.3, -0.25) is 4.79 Å². The predicted molar refractivity (Wildman–Crippen MR) is 106 cm³/mol. The fourth-order valence-electron chi connectivity index (χ4n) is 3.38. The number of amides is 1. The summed E-state index contributed by atoms with van der Waals surface area (Å²) >= 11 is 0. The molecule has 3 rings (SSSR count). The first-order valence-corrected chi connectivity index (χ1v) is 10.8. The molecule has 2 aromatic rings. The lowest BCUT2D eigenvalue weighted by Crippen LogP contribution is -2.43. The van der Waals surface area contributed by atoms with Gasteiger partial charge in [-0.1, -0.05) is 29.8 Å².